The number of halogens is 3. The minimum absolute atomic E-state index is 0.238. The van der Waals surface area contributed by atoms with Crippen LogP contribution >= 0.6 is 0 Å². The van der Waals surface area contributed by atoms with Crippen LogP contribution in [0.2, 0.25) is 0 Å². The first-order valence-electron chi connectivity index (χ1n) is 5.54. The Morgan fingerprint density at radius 3 is 2.18 bits per heavy atom. The topological polar surface area (TPSA) is 15.3 Å². The van der Waals surface area contributed by atoms with Crippen LogP contribution in [0.5, 0.6) is 0 Å². The van der Waals surface area contributed by atoms with Gasteiger partial charge in [0.2, 0.25) is 0 Å². The van der Waals surface area contributed by atoms with E-state index in [1.165, 1.54) is 17.0 Å². The summed E-state index contributed by atoms with van der Waals surface area (Å²) in [5.74, 6) is 0. The van der Waals surface area contributed by atoms with Crippen molar-refractivity contribution in [3.05, 3.63) is 41.9 Å². The van der Waals surface area contributed by atoms with Gasteiger partial charge in [0.05, 0.1) is 0 Å². The van der Waals surface area contributed by atoms with Gasteiger partial charge in [-0.05, 0) is 5.56 Å². The maximum absolute atomic E-state index is 13.1. The summed E-state index contributed by atoms with van der Waals surface area (Å²) in [4.78, 5) is 1.41. The predicted octanol–water partition coefficient (Wildman–Crippen LogP) is 2.03. The van der Waals surface area contributed by atoms with Gasteiger partial charge in [-0.25, -0.2) is 0 Å². The molecular formula is C12H14F3N2. The Labute approximate surface area is 98.4 Å². The molecule has 0 bridgehead atoms. The summed E-state index contributed by atoms with van der Waals surface area (Å²) >= 11 is 0. The van der Waals surface area contributed by atoms with Gasteiger partial charge < -0.3 is 5.32 Å². The molecule has 0 aliphatic carbocycles. The number of nitrogens with one attached hydrogen (secondary N) is 1. The average molecular weight is 243 g/mol. The lowest BCUT2D eigenvalue weighted by Crippen LogP contribution is -2.49. The molecule has 1 aliphatic heterocycles. The van der Waals surface area contributed by atoms with Crippen molar-refractivity contribution in [1.82, 2.24) is 10.2 Å². The van der Waals surface area contributed by atoms with E-state index in [1.54, 1.807) is 18.2 Å². The molecule has 17 heavy (non-hydrogen) atoms. The molecule has 1 saturated heterocycles. The zero-order valence-electron chi connectivity index (χ0n) is 9.30. The fourth-order valence-electron chi connectivity index (χ4n) is 2.01. The van der Waals surface area contributed by atoms with Crippen molar-refractivity contribution in [2.75, 3.05) is 26.2 Å². The molecule has 2 rings (SSSR count). The molecule has 0 atom stereocenters. The van der Waals surface area contributed by atoms with Gasteiger partial charge in [0, 0.05) is 26.2 Å². The summed E-state index contributed by atoms with van der Waals surface area (Å²) in [7, 11) is 0. The molecule has 1 heterocycles. The fraction of sp³-hybridized carbons (Fsp3) is 0.417. The molecule has 1 aliphatic rings. The second kappa shape index (κ2) is 5.06. The Kier molecular flexibility index (Phi) is 3.69. The number of benzene rings is 1. The number of nitrogens with zero attached hydrogens (tertiary/aromatic N) is 1. The summed E-state index contributed by atoms with van der Waals surface area (Å²) in [6, 6.07) is 7.46. The SMILES string of the molecule is FC(F)(F)[C](c1ccccc1)N1CCNCC1. The molecule has 0 spiro atoms. The highest BCUT2D eigenvalue weighted by atomic mass is 19.4. The Bertz CT molecular complexity index is 345. The lowest BCUT2D eigenvalue weighted by atomic mass is 10.0. The predicted molar refractivity (Wildman–Crippen MR) is 59.3 cm³/mol. The Morgan fingerprint density at radius 2 is 1.65 bits per heavy atom. The molecule has 2 nitrogen and oxygen atoms in total. The minimum atomic E-state index is -4.31. The number of rotatable bonds is 2. The van der Waals surface area contributed by atoms with Crippen LogP contribution < -0.4 is 5.32 Å². The van der Waals surface area contributed by atoms with Gasteiger partial charge in [-0.1, -0.05) is 30.3 Å². The molecule has 1 N–H and O–H groups in total. The van der Waals surface area contributed by atoms with Crippen molar-refractivity contribution >= 4 is 0 Å². The van der Waals surface area contributed by atoms with Crippen LogP contribution in [0.3, 0.4) is 0 Å². The van der Waals surface area contributed by atoms with E-state index in [9.17, 15) is 13.2 Å². The first-order valence-corrected chi connectivity index (χ1v) is 5.54. The minimum Gasteiger partial charge on any atom is -0.314 e. The molecule has 0 saturated carbocycles. The fourth-order valence-corrected chi connectivity index (χ4v) is 2.01. The zero-order chi connectivity index (χ0) is 12.3. The summed E-state index contributed by atoms with van der Waals surface area (Å²) in [5, 5.41) is 3.05. The molecule has 1 aromatic carbocycles. The van der Waals surface area contributed by atoms with Crippen LogP contribution in [-0.2, 0) is 0 Å². The lowest BCUT2D eigenvalue weighted by molar-refractivity contribution is -0.134. The van der Waals surface area contributed by atoms with Gasteiger partial charge in [-0.15, -0.1) is 0 Å². The van der Waals surface area contributed by atoms with E-state index in [1.807, 2.05) is 0 Å². The van der Waals surface area contributed by atoms with Gasteiger partial charge in [-0.2, -0.15) is 13.2 Å². The summed E-state index contributed by atoms with van der Waals surface area (Å²) < 4.78 is 39.3. The monoisotopic (exact) mass is 243 g/mol. The van der Waals surface area contributed by atoms with E-state index in [0.717, 1.165) is 0 Å². The van der Waals surface area contributed by atoms with Crippen LogP contribution in [0.4, 0.5) is 13.2 Å². The lowest BCUT2D eigenvalue weighted by Gasteiger charge is -2.35. The third kappa shape index (κ3) is 2.98. The Hall–Kier alpha value is -1.07. The maximum atomic E-state index is 13.1. The molecule has 0 amide bonds. The molecule has 0 unspecified atom stereocenters. The highest BCUT2D eigenvalue weighted by Gasteiger charge is 2.45. The quantitative estimate of drug-likeness (QED) is 0.855. The van der Waals surface area contributed by atoms with Crippen molar-refractivity contribution in [3.63, 3.8) is 0 Å². The second-order valence-corrected chi connectivity index (χ2v) is 3.95. The molecule has 93 valence electrons. The number of piperazine rings is 1. The molecule has 1 radical (unpaired) electrons. The van der Waals surface area contributed by atoms with Crippen molar-refractivity contribution in [2.24, 2.45) is 0 Å². The Morgan fingerprint density at radius 1 is 1.06 bits per heavy atom. The van der Waals surface area contributed by atoms with Crippen LogP contribution in [-0.4, -0.2) is 37.3 Å². The van der Waals surface area contributed by atoms with Crippen LogP contribution in [0.15, 0.2) is 30.3 Å². The largest absolute Gasteiger partial charge is 0.413 e. The molecular weight excluding hydrogens is 229 g/mol. The third-order valence-corrected chi connectivity index (χ3v) is 2.75. The normalized spacial score (nSPS) is 18.6. The maximum Gasteiger partial charge on any atom is 0.413 e. The van der Waals surface area contributed by atoms with Crippen molar-refractivity contribution < 1.29 is 13.2 Å². The van der Waals surface area contributed by atoms with Gasteiger partial charge in [-0.3, -0.25) is 4.90 Å². The zero-order valence-corrected chi connectivity index (χ0v) is 9.30. The van der Waals surface area contributed by atoms with E-state index >= 15 is 0 Å². The third-order valence-electron chi connectivity index (χ3n) is 2.75. The summed E-state index contributed by atoms with van der Waals surface area (Å²) in [6.07, 6.45) is -4.31. The first-order chi connectivity index (χ1) is 8.09. The van der Waals surface area contributed by atoms with Crippen LogP contribution in [0.1, 0.15) is 5.56 Å². The summed E-state index contributed by atoms with van der Waals surface area (Å²) in [6.45, 7) is 1.96. The standard InChI is InChI=1S/C12H14F3N2/c13-12(14,15)11(10-4-2-1-3-5-10)17-8-6-16-7-9-17/h1-5,16H,6-9H2. The van der Waals surface area contributed by atoms with Crippen molar-refractivity contribution in [3.8, 4) is 0 Å². The average Bonchev–Trinajstić information content (AvgIpc) is 2.30. The highest BCUT2D eigenvalue weighted by molar-refractivity contribution is 5.32. The van der Waals surface area contributed by atoms with E-state index in [-0.39, 0.29) is 5.56 Å². The smallest absolute Gasteiger partial charge is 0.314 e. The number of hydrogen-bond acceptors (Lipinski definition) is 2. The first kappa shape index (κ1) is 12.4. The number of alkyl halides is 3. The second-order valence-electron chi connectivity index (χ2n) is 3.95. The van der Waals surface area contributed by atoms with Gasteiger partial charge in [0.15, 0.2) is 6.04 Å². The van der Waals surface area contributed by atoms with E-state index in [4.69, 9.17) is 0 Å². The highest BCUT2D eigenvalue weighted by Crippen LogP contribution is 2.36. The van der Waals surface area contributed by atoms with Crippen LogP contribution in [0, 0.1) is 6.04 Å². The van der Waals surface area contributed by atoms with Crippen LogP contribution in [0.25, 0.3) is 0 Å². The van der Waals surface area contributed by atoms with Gasteiger partial charge in [0.1, 0.15) is 0 Å². The van der Waals surface area contributed by atoms with E-state index in [0.29, 0.717) is 26.2 Å². The van der Waals surface area contributed by atoms with E-state index in [2.05, 4.69) is 5.32 Å². The van der Waals surface area contributed by atoms with E-state index < -0.39 is 12.2 Å². The van der Waals surface area contributed by atoms with Gasteiger partial charge >= 0.3 is 6.18 Å². The Balaban J connectivity index is 2.25. The van der Waals surface area contributed by atoms with Crippen molar-refractivity contribution in [2.45, 2.75) is 6.18 Å². The molecule has 0 aromatic heterocycles. The molecule has 5 heteroatoms. The summed E-state index contributed by atoms with van der Waals surface area (Å²) in [5.41, 5.74) is 0.238. The molecule has 1 fully saturated rings. The van der Waals surface area contributed by atoms with Gasteiger partial charge in [0.25, 0.3) is 0 Å². The number of hydrogen-bond donors (Lipinski definition) is 1. The molecule has 1 aromatic rings. The van der Waals surface area contributed by atoms with Crippen molar-refractivity contribution in [1.29, 1.82) is 0 Å².